The standard InChI is InChI=1S/C24H32N4O3/c1-18(26-27-24(29)16-25-21-8-7-9-22(15-21)30-2)19-10-11-23(31-3)20(14-19)17-28-12-5-4-6-13-28/h7-11,14-15,25H,4-6,12-13,16-17H2,1-3H3,(H,27,29)/p+1/b26-18-. The van der Waals surface area contributed by atoms with Crippen molar-refractivity contribution in [2.24, 2.45) is 5.10 Å². The number of piperidine rings is 1. The van der Waals surface area contributed by atoms with Crippen LogP contribution in [0.1, 0.15) is 37.3 Å². The lowest BCUT2D eigenvalue weighted by atomic mass is 10.0. The van der Waals surface area contributed by atoms with Gasteiger partial charge < -0.3 is 19.7 Å². The second-order valence-corrected chi connectivity index (χ2v) is 7.83. The summed E-state index contributed by atoms with van der Waals surface area (Å²) in [7, 11) is 3.32. The number of ether oxygens (including phenoxy) is 2. The van der Waals surface area contributed by atoms with Crippen molar-refractivity contribution < 1.29 is 19.2 Å². The number of hydrazone groups is 1. The number of methoxy groups -OCH3 is 2. The van der Waals surface area contributed by atoms with Crippen molar-refractivity contribution in [2.45, 2.75) is 32.7 Å². The van der Waals surface area contributed by atoms with E-state index in [9.17, 15) is 4.79 Å². The van der Waals surface area contributed by atoms with Crippen molar-refractivity contribution in [2.75, 3.05) is 39.2 Å². The Labute approximate surface area is 184 Å². The van der Waals surface area contributed by atoms with E-state index >= 15 is 0 Å². The van der Waals surface area contributed by atoms with E-state index in [1.165, 1.54) is 37.9 Å². The van der Waals surface area contributed by atoms with E-state index in [1.54, 1.807) is 19.1 Å². The molecule has 1 fully saturated rings. The zero-order chi connectivity index (χ0) is 22.1. The number of carbonyl (C=O) groups is 1. The highest BCUT2D eigenvalue weighted by atomic mass is 16.5. The van der Waals surface area contributed by atoms with Crippen LogP contribution in [0.3, 0.4) is 0 Å². The Morgan fingerprint density at radius 3 is 2.61 bits per heavy atom. The molecule has 0 unspecified atom stereocenters. The number of hydrogen-bond donors (Lipinski definition) is 3. The SMILES string of the molecule is COc1cccc(NCC(=O)N/N=C(/C)c2ccc(OC)c(C[NH+]3CCCCC3)c2)c1. The van der Waals surface area contributed by atoms with Crippen LogP contribution in [0, 0.1) is 0 Å². The number of carbonyl (C=O) groups excluding carboxylic acids is 1. The zero-order valence-corrected chi connectivity index (χ0v) is 18.7. The molecule has 0 aliphatic carbocycles. The monoisotopic (exact) mass is 425 g/mol. The van der Waals surface area contributed by atoms with Gasteiger partial charge in [-0.05, 0) is 62.1 Å². The van der Waals surface area contributed by atoms with Crippen molar-refractivity contribution in [1.29, 1.82) is 0 Å². The third-order valence-electron chi connectivity index (χ3n) is 5.57. The molecule has 7 nitrogen and oxygen atoms in total. The molecule has 1 saturated heterocycles. The molecule has 0 saturated carbocycles. The summed E-state index contributed by atoms with van der Waals surface area (Å²) in [5.41, 5.74) is 6.36. The van der Waals surface area contributed by atoms with Gasteiger partial charge in [0, 0.05) is 17.3 Å². The number of quaternary nitrogens is 1. The first-order valence-electron chi connectivity index (χ1n) is 10.8. The van der Waals surface area contributed by atoms with Crippen LogP contribution in [0.25, 0.3) is 0 Å². The number of likely N-dealkylation sites (tertiary alicyclic amines) is 1. The summed E-state index contributed by atoms with van der Waals surface area (Å²) < 4.78 is 10.8. The average Bonchev–Trinajstić information content (AvgIpc) is 2.82. The Hall–Kier alpha value is -3.06. The van der Waals surface area contributed by atoms with E-state index in [0.29, 0.717) is 0 Å². The minimum absolute atomic E-state index is 0.121. The maximum absolute atomic E-state index is 12.2. The summed E-state index contributed by atoms with van der Waals surface area (Å²) in [4.78, 5) is 13.8. The molecule has 0 radical (unpaired) electrons. The molecular weight excluding hydrogens is 392 g/mol. The first kappa shape index (κ1) is 22.6. The highest BCUT2D eigenvalue weighted by molar-refractivity contribution is 5.99. The highest BCUT2D eigenvalue weighted by Gasteiger charge is 2.17. The van der Waals surface area contributed by atoms with Gasteiger partial charge in [-0.3, -0.25) is 4.79 Å². The smallest absolute Gasteiger partial charge is 0.259 e. The van der Waals surface area contributed by atoms with Gasteiger partial charge in [0.15, 0.2) is 0 Å². The number of amides is 1. The largest absolute Gasteiger partial charge is 0.497 e. The Balaban J connectivity index is 1.59. The second-order valence-electron chi connectivity index (χ2n) is 7.83. The topological polar surface area (TPSA) is 76.4 Å². The van der Waals surface area contributed by atoms with E-state index in [2.05, 4.69) is 21.9 Å². The van der Waals surface area contributed by atoms with E-state index in [4.69, 9.17) is 9.47 Å². The normalized spacial score (nSPS) is 14.7. The first-order valence-corrected chi connectivity index (χ1v) is 10.8. The number of benzene rings is 2. The van der Waals surface area contributed by atoms with Crippen LogP contribution in [0.4, 0.5) is 5.69 Å². The molecule has 2 aromatic carbocycles. The van der Waals surface area contributed by atoms with E-state index in [1.807, 2.05) is 43.3 Å². The van der Waals surface area contributed by atoms with Gasteiger partial charge in [0.25, 0.3) is 5.91 Å². The molecule has 2 aromatic rings. The van der Waals surface area contributed by atoms with E-state index < -0.39 is 0 Å². The minimum Gasteiger partial charge on any atom is -0.497 e. The van der Waals surface area contributed by atoms with Gasteiger partial charge in [-0.25, -0.2) is 5.43 Å². The molecule has 7 heteroatoms. The molecule has 1 aliphatic heterocycles. The quantitative estimate of drug-likeness (QED) is 0.425. The molecule has 0 atom stereocenters. The third kappa shape index (κ3) is 6.72. The summed E-state index contributed by atoms with van der Waals surface area (Å²) in [6.45, 7) is 5.37. The Bertz CT molecular complexity index is 907. The fourth-order valence-electron chi connectivity index (χ4n) is 3.81. The highest BCUT2D eigenvalue weighted by Crippen LogP contribution is 2.20. The lowest BCUT2D eigenvalue weighted by Crippen LogP contribution is -3.11. The summed E-state index contributed by atoms with van der Waals surface area (Å²) in [5, 5.41) is 7.36. The number of nitrogens with zero attached hydrogens (tertiary/aromatic N) is 1. The molecule has 3 N–H and O–H groups in total. The van der Waals surface area contributed by atoms with Crippen LogP contribution < -0.4 is 25.1 Å². The van der Waals surface area contributed by atoms with Crippen LogP contribution in [-0.2, 0) is 11.3 Å². The van der Waals surface area contributed by atoms with Crippen molar-refractivity contribution in [1.82, 2.24) is 5.43 Å². The molecule has 0 bridgehead atoms. The molecule has 166 valence electrons. The van der Waals surface area contributed by atoms with Crippen LogP contribution in [-0.4, -0.2) is 45.5 Å². The van der Waals surface area contributed by atoms with Crippen LogP contribution in [0.5, 0.6) is 11.5 Å². The predicted molar refractivity (Wildman–Crippen MR) is 123 cm³/mol. The molecular formula is C24H33N4O3+. The zero-order valence-electron chi connectivity index (χ0n) is 18.7. The average molecular weight is 426 g/mol. The summed E-state index contributed by atoms with van der Waals surface area (Å²) in [6, 6.07) is 13.5. The Morgan fingerprint density at radius 2 is 1.87 bits per heavy atom. The van der Waals surface area contributed by atoms with Gasteiger partial charge in [0.1, 0.15) is 18.0 Å². The summed E-state index contributed by atoms with van der Waals surface area (Å²) >= 11 is 0. The molecule has 3 rings (SSSR count). The van der Waals surface area contributed by atoms with Gasteiger partial charge in [-0.1, -0.05) is 6.07 Å². The Kier molecular flexibility index (Phi) is 8.29. The number of nitrogens with one attached hydrogen (secondary N) is 3. The van der Waals surface area contributed by atoms with E-state index in [0.717, 1.165) is 35.0 Å². The predicted octanol–water partition coefficient (Wildman–Crippen LogP) is 2.22. The van der Waals surface area contributed by atoms with Gasteiger partial charge in [-0.15, -0.1) is 0 Å². The van der Waals surface area contributed by atoms with Crippen LogP contribution >= 0.6 is 0 Å². The second kappa shape index (κ2) is 11.4. The van der Waals surface area contributed by atoms with Crippen molar-refractivity contribution in [3.63, 3.8) is 0 Å². The molecule has 0 spiro atoms. The summed E-state index contributed by atoms with van der Waals surface area (Å²) in [5.74, 6) is 1.43. The van der Waals surface area contributed by atoms with Gasteiger partial charge in [-0.2, -0.15) is 5.10 Å². The van der Waals surface area contributed by atoms with Gasteiger partial charge in [0.05, 0.1) is 39.6 Å². The fraction of sp³-hybridized carbons (Fsp3) is 0.417. The van der Waals surface area contributed by atoms with Crippen LogP contribution in [0.2, 0.25) is 0 Å². The first-order chi connectivity index (χ1) is 15.1. The maximum Gasteiger partial charge on any atom is 0.259 e. The summed E-state index contributed by atoms with van der Waals surface area (Å²) in [6.07, 6.45) is 3.90. The van der Waals surface area contributed by atoms with Crippen molar-refractivity contribution in [3.8, 4) is 11.5 Å². The molecule has 31 heavy (non-hydrogen) atoms. The molecule has 1 heterocycles. The lowest BCUT2D eigenvalue weighted by molar-refractivity contribution is -0.918. The van der Waals surface area contributed by atoms with Gasteiger partial charge in [0.2, 0.25) is 0 Å². The lowest BCUT2D eigenvalue weighted by Gasteiger charge is -2.24. The third-order valence-corrected chi connectivity index (χ3v) is 5.57. The van der Waals surface area contributed by atoms with Crippen molar-refractivity contribution in [3.05, 3.63) is 53.6 Å². The van der Waals surface area contributed by atoms with Crippen molar-refractivity contribution >= 4 is 17.3 Å². The minimum atomic E-state index is -0.214. The van der Waals surface area contributed by atoms with Gasteiger partial charge >= 0.3 is 0 Å². The fourth-order valence-corrected chi connectivity index (χ4v) is 3.81. The molecule has 1 aliphatic rings. The molecule has 0 aromatic heterocycles. The van der Waals surface area contributed by atoms with Crippen LogP contribution in [0.15, 0.2) is 47.6 Å². The molecule has 1 amide bonds. The maximum atomic E-state index is 12.2. The Morgan fingerprint density at radius 1 is 1.06 bits per heavy atom. The number of rotatable bonds is 9. The number of anilines is 1. The van der Waals surface area contributed by atoms with E-state index in [-0.39, 0.29) is 12.5 Å². The number of hydrogen-bond acceptors (Lipinski definition) is 5.